The fraction of sp³-hybridized carbons (Fsp3) is 0.647. The summed E-state index contributed by atoms with van der Waals surface area (Å²) in [5.74, 6) is 1.79. The molecule has 0 radical (unpaired) electrons. The molecule has 3 heteroatoms. The standard InChI is InChI=1S/C17H28N2O/c1-14-10-15(2)12-17(11-14)20-9-8-19-7-3-4-16(13-19)5-6-18/h10-12,16H,3-9,13,18H2,1-2H3. The van der Waals surface area contributed by atoms with E-state index in [9.17, 15) is 0 Å². The zero-order valence-electron chi connectivity index (χ0n) is 12.9. The van der Waals surface area contributed by atoms with Crippen molar-refractivity contribution in [2.45, 2.75) is 33.1 Å². The van der Waals surface area contributed by atoms with Crippen LogP contribution in [-0.2, 0) is 0 Å². The Morgan fingerprint density at radius 2 is 2.00 bits per heavy atom. The van der Waals surface area contributed by atoms with Crippen LogP contribution in [0.5, 0.6) is 5.75 Å². The van der Waals surface area contributed by atoms with Crippen LogP contribution in [-0.4, -0.2) is 37.7 Å². The summed E-state index contributed by atoms with van der Waals surface area (Å²) in [6, 6.07) is 6.40. The minimum absolute atomic E-state index is 0.776. The molecule has 2 N–H and O–H groups in total. The largest absolute Gasteiger partial charge is 0.492 e. The molecule has 112 valence electrons. The minimum Gasteiger partial charge on any atom is -0.492 e. The summed E-state index contributed by atoms with van der Waals surface area (Å²) < 4.78 is 5.90. The maximum Gasteiger partial charge on any atom is 0.119 e. The molecule has 0 aliphatic carbocycles. The van der Waals surface area contributed by atoms with Crippen LogP contribution in [0.25, 0.3) is 0 Å². The van der Waals surface area contributed by atoms with Crippen molar-refractivity contribution >= 4 is 0 Å². The topological polar surface area (TPSA) is 38.5 Å². The van der Waals surface area contributed by atoms with Gasteiger partial charge in [0.2, 0.25) is 0 Å². The van der Waals surface area contributed by atoms with Gasteiger partial charge in [-0.05, 0) is 75.4 Å². The van der Waals surface area contributed by atoms with Crippen molar-refractivity contribution in [1.82, 2.24) is 4.90 Å². The molecule has 1 fully saturated rings. The van der Waals surface area contributed by atoms with E-state index in [0.29, 0.717) is 0 Å². The monoisotopic (exact) mass is 276 g/mol. The van der Waals surface area contributed by atoms with Gasteiger partial charge in [0, 0.05) is 13.1 Å². The van der Waals surface area contributed by atoms with Crippen LogP contribution in [0.15, 0.2) is 18.2 Å². The first kappa shape index (κ1) is 15.3. The van der Waals surface area contributed by atoms with Gasteiger partial charge in [-0.1, -0.05) is 6.07 Å². The van der Waals surface area contributed by atoms with Crippen molar-refractivity contribution < 1.29 is 4.74 Å². The Bertz CT molecular complexity index is 397. The summed E-state index contributed by atoms with van der Waals surface area (Å²) in [5.41, 5.74) is 8.20. The third-order valence-corrected chi connectivity index (χ3v) is 4.05. The van der Waals surface area contributed by atoms with Gasteiger partial charge in [0.1, 0.15) is 12.4 Å². The second-order valence-corrected chi connectivity index (χ2v) is 6.06. The number of benzene rings is 1. The second kappa shape index (κ2) is 7.65. The maximum atomic E-state index is 5.90. The molecule has 1 aromatic rings. The molecule has 3 nitrogen and oxygen atoms in total. The Morgan fingerprint density at radius 1 is 1.25 bits per heavy atom. The van der Waals surface area contributed by atoms with Crippen LogP contribution >= 0.6 is 0 Å². The second-order valence-electron chi connectivity index (χ2n) is 6.06. The highest BCUT2D eigenvalue weighted by molar-refractivity contribution is 5.32. The van der Waals surface area contributed by atoms with Crippen molar-refractivity contribution in [1.29, 1.82) is 0 Å². The molecule has 2 rings (SSSR count). The molecule has 1 aliphatic heterocycles. The smallest absolute Gasteiger partial charge is 0.119 e. The lowest BCUT2D eigenvalue weighted by Crippen LogP contribution is -2.38. The normalized spacial score (nSPS) is 20.1. The Balaban J connectivity index is 1.75. The summed E-state index contributed by atoms with van der Waals surface area (Å²) in [5, 5.41) is 0. The lowest BCUT2D eigenvalue weighted by Gasteiger charge is -2.32. The Hall–Kier alpha value is -1.06. The highest BCUT2D eigenvalue weighted by Crippen LogP contribution is 2.19. The zero-order chi connectivity index (χ0) is 14.4. The molecule has 0 spiro atoms. The first-order valence-electron chi connectivity index (χ1n) is 7.81. The molecule has 1 saturated heterocycles. The maximum absolute atomic E-state index is 5.90. The fourth-order valence-electron chi connectivity index (χ4n) is 3.13. The number of likely N-dealkylation sites (tertiary alicyclic amines) is 1. The highest BCUT2D eigenvalue weighted by Gasteiger charge is 2.18. The Labute approximate surface area is 123 Å². The summed E-state index contributed by atoms with van der Waals surface area (Å²) in [6.07, 6.45) is 3.80. The van der Waals surface area contributed by atoms with Gasteiger partial charge >= 0.3 is 0 Å². The van der Waals surface area contributed by atoms with E-state index in [1.165, 1.54) is 37.1 Å². The van der Waals surface area contributed by atoms with Crippen LogP contribution in [0.3, 0.4) is 0 Å². The van der Waals surface area contributed by atoms with E-state index in [0.717, 1.165) is 37.8 Å². The molecule has 0 bridgehead atoms. The number of rotatable bonds is 6. The number of hydrogen-bond acceptors (Lipinski definition) is 3. The number of nitrogens with zero attached hydrogens (tertiary/aromatic N) is 1. The lowest BCUT2D eigenvalue weighted by atomic mass is 9.95. The molecule has 0 amide bonds. The van der Waals surface area contributed by atoms with Crippen LogP contribution in [0.1, 0.15) is 30.4 Å². The summed E-state index contributed by atoms with van der Waals surface area (Å²) in [4.78, 5) is 2.52. The van der Waals surface area contributed by atoms with E-state index in [4.69, 9.17) is 10.5 Å². The van der Waals surface area contributed by atoms with Gasteiger partial charge in [0.25, 0.3) is 0 Å². The predicted molar refractivity (Wildman–Crippen MR) is 84.2 cm³/mol. The molecule has 0 aromatic heterocycles. The van der Waals surface area contributed by atoms with Crippen molar-refractivity contribution in [2.75, 3.05) is 32.8 Å². The van der Waals surface area contributed by atoms with Gasteiger partial charge in [0.15, 0.2) is 0 Å². The van der Waals surface area contributed by atoms with Crippen molar-refractivity contribution in [2.24, 2.45) is 11.7 Å². The number of aryl methyl sites for hydroxylation is 2. The van der Waals surface area contributed by atoms with Crippen molar-refractivity contribution in [3.63, 3.8) is 0 Å². The predicted octanol–water partition coefficient (Wildman–Crippen LogP) is 2.74. The minimum atomic E-state index is 0.776. The lowest BCUT2D eigenvalue weighted by molar-refractivity contribution is 0.144. The van der Waals surface area contributed by atoms with Gasteiger partial charge in [-0.25, -0.2) is 0 Å². The van der Waals surface area contributed by atoms with Gasteiger partial charge < -0.3 is 10.5 Å². The van der Waals surface area contributed by atoms with Crippen molar-refractivity contribution in [3.8, 4) is 5.75 Å². The molecule has 1 atom stereocenters. The Morgan fingerprint density at radius 3 is 2.70 bits per heavy atom. The third-order valence-electron chi connectivity index (χ3n) is 4.05. The quantitative estimate of drug-likeness (QED) is 0.868. The van der Waals surface area contributed by atoms with E-state index in [-0.39, 0.29) is 0 Å². The van der Waals surface area contributed by atoms with Crippen LogP contribution in [0, 0.1) is 19.8 Å². The molecule has 1 unspecified atom stereocenters. The molecule has 20 heavy (non-hydrogen) atoms. The zero-order valence-corrected chi connectivity index (χ0v) is 12.9. The van der Waals surface area contributed by atoms with Gasteiger partial charge in [0.05, 0.1) is 0 Å². The first-order chi connectivity index (χ1) is 9.67. The van der Waals surface area contributed by atoms with E-state index < -0.39 is 0 Å². The van der Waals surface area contributed by atoms with E-state index >= 15 is 0 Å². The molecular weight excluding hydrogens is 248 g/mol. The average Bonchev–Trinajstić information content (AvgIpc) is 2.38. The number of ether oxygens (including phenoxy) is 1. The molecule has 1 aromatic carbocycles. The van der Waals surface area contributed by atoms with Gasteiger partial charge in [-0.15, -0.1) is 0 Å². The average molecular weight is 276 g/mol. The van der Waals surface area contributed by atoms with E-state index in [1.54, 1.807) is 0 Å². The first-order valence-corrected chi connectivity index (χ1v) is 7.81. The van der Waals surface area contributed by atoms with Gasteiger partial charge in [-0.3, -0.25) is 4.90 Å². The fourth-order valence-corrected chi connectivity index (χ4v) is 3.13. The molecular formula is C17H28N2O. The van der Waals surface area contributed by atoms with Gasteiger partial charge in [-0.2, -0.15) is 0 Å². The van der Waals surface area contributed by atoms with Crippen LogP contribution < -0.4 is 10.5 Å². The number of nitrogens with two attached hydrogens (primary N) is 1. The van der Waals surface area contributed by atoms with E-state index in [1.807, 2.05) is 0 Å². The molecule has 1 aliphatic rings. The third kappa shape index (κ3) is 4.80. The number of hydrogen-bond donors (Lipinski definition) is 1. The van der Waals surface area contributed by atoms with E-state index in [2.05, 4.69) is 36.9 Å². The SMILES string of the molecule is Cc1cc(C)cc(OCCN2CCCC(CCN)C2)c1. The summed E-state index contributed by atoms with van der Waals surface area (Å²) in [6.45, 7) is 9.23. The van der Waals surface area contributed by atoms with Crippen molar-refractivity contribution in [3.05, 3.63) is 29.3 Å². The van der Waals surface area contributed by atoms with Crippen LogP contribution in [0.4, 0.5) is 0 Å². The molecule has 1 heterocycles. The molecule has 0 saturated carbocycles. The highest BCUT2D eigenvalue weighted by atomic mass is 16.5. The Kier molecular flexibility index (Phi) is 5.86. The number of piperidine rings is 1. The summed E-state index contributed by atoms with van der Waals surface area (Å²) in [7, 11) is 0. The summed E-state index contributed by atoms with van der Waals surface area (Å²) >= 11 is 0. The van der Waals surface area contributed by atoms with Crippen LogP contribution in [0.2, 0.25) is 0 Å².